The third-order valence-corrected chi connectivity index (χ3v) is 4.96. The van der Waals surface area contributed by atoms with Crippen molar-refractivity contribution in [3.63, 3.8) is 0 Å². The summed E-state index contributed by atoms with van der Waals surface area (Å²) in [4.78, 5) is 0. The van der Waals surface area contributed by atoms with E-state index in [0.717, 1.165) is 28.5 Å². The third-order valence-electron chi connectivity index (χ3n) is 3.92. The minimum atomic E-state index is 0.829. The minimum Gasteiger partial charge on any atom is -0.497 e. The van der Waals surface area contributed by atoms with Crippen LogP contribution in [0.5, 0.6) is 5.75 Å². The van der Waals surface area contributed by atoms with Crippen molar-refractivity contribution in [2.75, 3.05) is 7.11 Å². The molecule has 0 unspecified atom stereocenters. The Kier molecular flexibility index (Phi) is 4.01. The molecule has 0 aliphatic heterocycles. The number of nitrogens with zero attached hydrogens (tertiary/aromatic N) is 2. The molecule has 4 aromatic rings. The van der Waals surface area contributed by atoms with Gasteiger partial charge in [0, 0.05) is 22.8 Å². The van der Waals surface area contributed by atoms with Crippen LogP contribution in [-0.4, -0.2) is 21.3 Å². The Hall–Kier alpha value is -2.66. The molecule has 4 nitrogen and oxygen atoms in total. The fourth-order valence-electron chi connectivity index (χ4n) is 2.67. The van der Waals surface area contributed by atoms with Crippen molar-refractivity contribution in [3.05, 3.63) is 72.6 Å². The number of para-hydroxylation sites is 1. The summed E-state index contributed by atoms with van der Waals surface area (Å²) in [6.45, 7) is 0. The number of H-pyrrole nitrogens is 1. The van der Waals surface area contributed by atoms with Crippen molar-refractivity contribution in [1.29, 1.82) is 0 Å². The smallest absolute Gasteiger partial charge is 0.119 e. The maximum atomic E-state index is 5.28. The average Bonchev–Trinajstić information content (AvgIpc) is 3.27. The number of aromatic nitrogens is 3. The normalized spacial score (nSPS) is 11.0. The Bertz CT molecular complexity index is 973. The summed E-state index contributed by atoms with van der Waals surface area (Å²) in [7, 11) is 1.67. The van der Waals surface area contributed by atoms with Crippen LogP contribution >= 0.6 is 11.9 Å². The minimum absolute atomic E-state index is 0.829. The van der Waals surface area contributed by atoms with Crippen LogP contribution in [-0.2, 0) is 5.75 Å². The lowest BCUT2D eigenvalue weighted by atomic mass is 10.1. The number of hydrogen-bond acceptors (Lipinski definition) is 3. The molecule has 0 bridgehead atoms. The molecule has 2 aromatic carbocycles. The lowest BCUT2D eigenvalue weighted by Crippen LogP contribution is -1.87. The van der Waals surface area contributed by atoms with E-state index in [4.69, 9.17) is 4.74 Å². The molecule has 120 valence electrons. The monoisotopic (exact) mass is 335 g/mol. The van der Waals surface area contributed by atoms with E-state index in [1.807, 2.05) is 24.3 Å². The summed E-state index contributed by atoms with van der Waals surface area (Å²) in [5.41, 5.74) is 4.31. The van der Waals surface area contributed by atoms with Crippen LogP contribution in [0.1, 0.15) is 5.69 Å². The van der Waals surface area contributed by atoms with E-state index in [-0.39, 0.29) is 0 Å². The standard InChI is InChI=1S/C19H17N3OS/c1-23-17-7-4-6-15(11-17)18-12-16(20-21-18)13-24-22-10-9-14-5-2-3-8-19(14)22/h2-12H,13H2,1H3,(H,20,21). The fourth-order valence-corrected chi connectivity index (χ4v) is 3.55. The number of aromatic amines is 1. The summed E-state index contributed by atoms with van der Waals surface area (Å²) >= 11 is 1.75. The van der Waals surface area contributed by atoms with Crippen molar-refractivity contribution < 1.29 is 4.74 Å². The van der Waals surface area contributed by atoms with Crippen LogP contribution in [0, 0.1) is 0 Å². The molecule has 0 spiro atoms. The highest BCUT2D eigenvalue weighted by molar-refractivity contribution is 7.97. The molecule has 0 saturated carbocycles. The first-order valence-electron chi connectivity index (χ1n) is 7.71. The first-order chi connectivity index (χ1) is 11.8. The molecule has 0 atom stereocenters. The number of methoxy groups -OCH3 is 1. The van der Waals surface area contributed by atoms with Gasteiger partial charge in [-0.05, 0) is 42.3 Å². The fraction of sp³-hybridized carbons (Fsp3) is 0.105. The summed E-state index contributed by atoms with van der Waals surface area (Å²) < 4.78 is 7.47. The van der Waals surface area contributed by atoms with E-state index in [1.165, 1.54) is 10.9 Å². The second kappa shape index (κ2) is 6.45. The van der Waals surface area contributed by atoms with E-state index < -0.39 is 0 Å². The van der Waals surface area contributed by atoms with Crippen molar-refractivity contribution in [1.82, 2.24) is 14.2 Å². The zero-order chi connectivity index (χ0) is 16.4. The molecule has 0 fully saturated rings. The molecule has 1 N–H and O–H groups in total. The van der Waals surface area contributed by atoms with Gasteiger partial charge in [-0.15, -0.1) is 0 Å². The molecule has 0 aliphatic rings. The number of benzene rings is 2. The first kappa shape index (κ1) is 14.9. The highest BCUT2D eigenvalue weighted by Crippen LogP contribution is 2.26. The van der Waals surface area contributed by atoms with Crippen LogP contribution in [0.2, 0.25) is 0 Å². The highest BCUT2D eigenvalue weighted by Gasteiger charge is 2.07. The molecule has 0 radical (unpaired) electrons. The van der Waals surface area contributed by atoms with Gasteiger partial charge in [-0.2, -0.15) is 5.10 Å². The van der Waals surface area contributed by atoms with Gasteiger partial charge in [-0.1, -0.05) is 30.3 Å². The first-order valence-corrected chi connectivity index (χ1v) is 8.66. The zero-order valence-corrected chi connectivity index (χ0v) is 14.1. The van der Waals surface area contributed by atoms with E-state index >= 15 is 0 Å². The molecular weight excluding hydrogens is 318 g/mol. The molecular formula is C19H17N3OS. The van der Waals surface area contributed by atoms with E-state index in [1.54, 1.807) is 19.1 Å². The Labute approximate surface area is 144 Å². The van der Waals surface area contributed by atoms with Gasteiger partial charge in [-0.25, -0.2) is 0 Å². The Morgan fingerprint density at radius 3 is 2.92 bits per heavy atom. The number of nitrogens with one attached hydrogen (secondary N) is 1. The molecule has 2 heterocycles. The molecule has 24 heavy (non-hydrogen) atoms. The molecule has 4 rings (SSSR count). The highest BCUT2D eigenvalue weighted by atomic mass is 32.2. The number of ether oxygens (including phenoxy) is 1. The predicted molar refractivity (Wildman–Crippen MR) is 99.2 cm³/mol. The van der Waals surface area contributed by atoms with Gasteiger partial charge >= 0.3 is 0 Å². The van der Waals surface area contributed by atoms with E-state index in [0.29, 0.717) is 0 Å². The molecule has 0 aliphatic carbocycles. The largest absolute Gasteiger partial charge is 0.497 e. The van der Waals surface area contributed by atoms with Crippen LogP contribution in [0.25, 0.3) is 22.2 Å². The van der Waals surface area contributed by atoms with Gasteiger partial charge in [0.05, 0.1) is 24.1 Å². The molecule has 5 heteroatoms. The maximum absolute atomic E-state index is 5.28. The molecule has 0 amide bonds. The Balaban J connectivity index is 1.51. The summed E-state index contributed by atoms with van der Waals surface area (Å²) in [6.07, 6.45) is 2.11. The number of rotatable bonds is 5. The van der Waals surface area contributed by atoms with E-state index in [2.05, 4.69) is 56.8 Å². The van der Waals surface area contributed by atoms with E-state index in [9.17, 15) is 0 Å². The molecule has 2 aromatic heterocycles. The quantitative estimate of drug-likeness (QED) is 0.573. The predicted octanol–water partition coefficient (Wildman–Crippen LogP) is 4.74. The summed E-state index contributed by atoms with van der Waals surface area (Å²) in [5, 5.41) is 8.80. The maximum Gasteiger partial charge on any atom is 0.119 e. The zero-order valence-electron chi connectivity index (χ0n) is 13.3. The van der Waals surface area contributed by atoms with Gasteiger partial charge in [-0.3, -0.25) is 9.07 Å². The second-order valence-electron chi connectivity index (χ2n) is 5.48. The van der Waals surface area contributed by atoms with Gasteiger partial charge in [0.2, 0.25) is 0 Å². The van der Waals surface area contributed by atoms with Gasteiger partial charge < -0.3 is 4.74 Å². The van der Waals surface area contributed by atoms with Crippen molar-refractivity contribution >= 4 is 22.9 Å². The summed E-state index contributed by atoms with van der Waals surface area (Å²) in [5.74, 6) is 1.67. The Morgan fingerprint density at radius 2 is 2.00 bits per heavy atom. The van der Waals surface area contributed by atoms with Crippen LogP contribution in [0.4, 0.5) is 0 Å². The van der Waals surface area contributed by atoms with Crippen molar-refractivity contribution in [3.8, 4) is 17.0 Å². The number of fused-ring (bicyclic) bond motifs is 1. The number of hydrogen-bond donors (Lipinski definition) is 1. The lowest BCUT2D eigenvalue weighted by molar-refractivity contribution is 0.415. The van der Waals surface area contributed by atoms with Crippen molar-refractivity contribution in [2.24, 2.45) is 0 Å². The second-order valence-corrected chi connectivity index (χ2v) is 6.42. The van der Waals surface area contributed by atoms with Crippen LogP contribution in [0.3, 0.4) is 0 Å². The molecule has 0 saturated heterocycles. The van der Waals surface area contributed by atoms with Crippen molar-refractivity contribution in [2.45, 2.75) is 5.75 Å². The SMILES string of the molecule is COc1cccc(-c2cc(CSn3ccc4ccccc43)[nH]n2)c1. The van der Waals surface area contributed by atoms with Crippen LogP contribution < -0.4 is 4.74 Å². The summed E-state index contributed by atoms with van der Waals surface area (Å²) in [6, 6.07) is 20.6. The van der Waals surface area contributed by atoms with Gasteiger partial charge in [0.25, 0.3) is 0 Å². The Morgan fingerprint density at radius 1 is 1.08 bits per heavy atom. The van der Waals surface area contributed by atoms with Crippen LogP contribution in [0.15, 0.2) is 66.9 Å². The van der Waals surface area contributed by atoms with Gasteiger partial charge in [0.1, 0.15) is 5.75 Å². The topological polar surface area (TPSA) is 42.8 Å². The lowest BCUT2D eigenvalue weighted by Gasteiger charge is -2.02. The third kappa shape index (κ3) is 2.90. The van der Waals surface area contributed by atoms with Gasteiger partial charge in [0.15, 0.2) is 0 Å². The average molecular weight is 335 g/mol.